The number of hydrogen-bond donors (Lipinski definition) is 0. The molecular weight excluding hydrogens is 194 g/mol. The fourth-order valence-electron chi connectivity index (χ4n) is 0.453. The van der Waals surface area contributed by atoms with E-state index in [4.69, 9.17) is 0 Å². The van der Waals surface area contributed by atoms with E-state index in [-0.39, 0.29) is 0 Å². The molecule has 0 amide bonds. The van der Waals surface area contributed by atoms with Crippen molar-refractivity contribution in [2.45, 2.75) is 17.7 Å². The fourth-order valence-corrected chi connectivity index (χ4v) is 0.666. The van der Waals surface area contributed by atoms with E-state index < -0.39 is 17.7 Å². The number of ether oxygens (including phenoxy) is 1. The van der Waals surface area contributed by atoms with Gasteiger partial charge in [0.2, 0.25) is 6.10 Å². The Kier molecular flexibility index (Phi) is 3.07. The van der Waals surface area contributed by atoms with Crippen LogP contribution >= 0.6 is 11.6 Å². The summed E-state index contributed by atoms with van der Waals surface area (Å²) in [5.74, 6) is 0. The standard InChI is InChI=1S/C4H4ClF5O/c1-11-2(3(5,6)7)4(8,9)10/h2H,1H3. The van der Waals surface area contributed by atoms with Crippen molar-refractivity contribution in [3.8, 4) is 0 Å². The summed E-state index contributed by atoms with van der Waals surface area (Å²) in [5, 5.41) is -4.42. The van der Waals surface area contributed by atoms with Crippen LogP contribution in [0.1, 0.15) is 0 Å². The third kappa shape index (κ3) is 3.20. The van der Waals surface area contributed by atoms with Crippen LogP contribution in [-0.2, 0) is 4.74 Å². The molecule has 0 heterocycles. The lowest BCUT2D eigenvalue weighted by Crippen LogP contribution is -2.42. The van der Waals surface area contributed by atoms with Crippen LogP contribution in [0, 0.1) is 0 Å². The van der Waals surface area contributed by atoms with Crippen molar-refractivity contribution in [1.82, 2.24) is 0 Å². The van der Waals surface area contributed by atoms with Gasteiger partial charge in [-0.15, -0.1) is 0 Å². The van der Waals surface area contributed by atoms with Crippen molar-refractivity contribution >= 4 is 11.6 Å². The molecule has 1 nitrogen and oxygen atoms in total. The summed E-state index contributed by atoms with van der Waals surface area (Å²) in [5.41, 5.74) is 0. The maximum absolute atomic E-state index is 11.8. The van der Waals surface area contributed by atoms with Crippen LogP contribution in [0.15, 0.2) is 0 Å². The lowest BCUT2D eigenvalue weighted by molar-refractivity contribution is -0.256. The second-order valence-corrected chi connectivity index (χ2v) is 2.20. The molecule has 0 N–H and O–H groups in total. The molecule has 0 aliphatic rings. The lowest BCUT2D eigenvalue weighted by Gasteiger charge is -2.22. The molecule has 0 fully saturated rings. The molecule has 0 rings (SSSR count). The highest BCUT2D eigenvalue weighted by Crippen LogP contribution is 2.36. The molecule has 68 valence electrons. The third-order valence-electron chi connectivity index (χ3n) is 0.830. The predicted molar refractivity (Wildman–Crippen MR) is 27.7 cm³/mol. The highest BCUT2D eigenvalue weighted by molar-refractivity contribution is 6.22. The van der Waals surface area contributed by atoms with E-state index in [1.54, 1.807) is 0 Å². The zero-order chi connectivity index (χ0) is 9.28. The Bertz CT molecular complexity index is 113. The largest absolute Gasteiger partial charge is 0.421 e. The first-order valence-corrected chi connectivity index (χ1v) is 2.73. The zero-order valence-corrected chi connectivity index (χ0v) is 6.01. The Hall–Kier alpha value is -0.100. The van der Waals surface area contributed by atoms with Crippen LogP contribution in [0.4, 0.5) is 22.0 Å². The molecule has 0 aliphatic carbocycles. The van der Waals surface area contributed by atoms with Crippen LogP contribution in [0.2, 0.25) is 0 Å². The Morgan fingerprint density at radius 1 is 1.18 bits per heavy atom. The van der Waals surface area contributed by atoms with Crippen molar-refractivity contribution in [3.63, 3.8) is 0 Å². The summed E-state index contributed by atoms with van der Waals surface area (Å²) < 4.78 is 61.7. The van der Waals surface area contributed by atoms with E-state index in [1.165, 1.54) is 0 Å². The molecule has 0 aromatic carbocycles. The molecule has 0 aromatic rings. The van der Waals surface area contributed by atoms with Crippen LogP contribution in [0.25, 0.3) is 0 Å². The van der Waals surface area contributed by atoms with E-state index in [0.717, 1.165) is 0 Å². The quantitative estimate of drug-likeness (QED) is 0.489. The summed E-state index contributed by atoms with van der Waals surface area (Å²) in [7, 11) is 0.508. The van der Waals surface area contributed by atoms with E-state index in [0.29, 0.717) is 7.11 Å². The Labute approximate surface area is 64.1 Å². The van der Waals surface area contributed by atoms with Gasteiger partial charge in [0.25, 0.3) is 0 Å². The first kappa shape index (κ1) is 10.9. The van der Waals surface area contributed by atoms with E-state index in [9.17, 15) is 22.0 Å². The van der Waals surface area contributed by atoms with Gasteiger partial charge in [0.15, 0.2) is 0 Å². The van der Waals surface area contributed by atoms with Gasteiger partial charge in [0, 0.05) is 7.11 Å². The average Bonchev–Trinajstić information content (AvgIpc) is 1.56. The smallest absolute Gasteiger partial charge is 0.366 e. The molecule has 0 aliphatic heterocycles. The van der Waals surface area contributed by atoms with Gasteiger partial charge in [-0.05, 0) is 11.6 Å². The summed E-state index contributed by atoms with van der Waals surface area (Å²) in [6, 6.07) is 0. The zero-order valence-electron chi connectivity index (χ0n) is 5.25. The fraction of sp³-hybridized carbons (Fsp3) is 1.00. The van der Waals surface area contributed by atoms with Gasteiger partial charge in [-0.3, -0.25) is 0 Å². The molecule has 0 bridgehead atoms. The number of methoxy groups -OCH3 is 1. The molecule has 0 radical (unpaired) electrons. The summed E-state index contributed by atoms with van der Waals surface area (Å²) in [4.78, 5) is 0. The lowest BCUT2D eigenvalue weighted by atomic mass is 10.3. The number of rotatable bonds is 2. The van der Waals surface area contributed by atoms with Crippen molar-refractivity contribution in [1.29, 1.82) is 0 Å². The van der Waals surface area contributed by atoms with E-state index in [2.05, 4.69) is 16.3 Å². The average molecular weight is 199 g/mol. The number of halogens is 6. The maximum atomic E-state index is 11.8. The summed E-state index contributed by atoms with van der Waals surface area (Å²) in [6.45, 7) is 0. The van der Waals surface area contributed by atoms with Gasteiger partial charge in [0.1, 0.15) is 0 Å². The molecule has 1 atom stereocenters. The van der Waals surface area contributed by atoms with Gasteiger partial charge >= 0.3 is 11.6 Å². The molecule has 11 heavy (non-hydrogen) atoms. The predicted octanol–water partition coefficient (Wildman–Crippen LogP) is 2.40. The highest BCUT2D eigenvalue weighted by Gasteiger charge is 2.55. The number of alkyl halides is 6. The third-order valence-corrected chi connectivity index (χ3v) is 1.03. The second-order valence-electron chi connectivity index (χ2n) is 1.70. The van der Waals surface area contributed by atoms with Gasteiger partial charge in [0.05, 0.1) is 0 Å². The topological polar surface area (TPSA) is 9.23 Å². The highest BCUT2D eigenvalue weighted by atomic mass is 35.5. The summed E-state index contributed by atoms with van der Waals surface area (Å²) in [6.07, 6.45) is -8.41. The minimum Gasteiger partial charge on any atom is -0.366 e. The first-order chi connectivity index (χ1) is 4.69. The van der Waals surface area contributed by atoms with E-state index >= 15 is 0 Å². The van der Waals surface area contributed by atoms with Crippen molar-refractivity contribution < 1.29 is 26.7 Å². The molecule has 0 saturated heterocycles. The minimum atomic E-state index is -5.15. The SMILES string of the molecule is COC(C(F)(F)F)C(F)(F)Cl. The van der Waals surface area contributed by atoms with Crippen LogP contribution < -0.4 is 0 Å². The molecule has 7 heteroatoms. The molecule has 0 saturated carbocycles. The summed E-state index contributed by atoms with van der Waals surface area (Å²) >= 11 is 4.11. The number of hydrogen-bond acceptors (Lipinski definition) is 1. The van der Waals surface area contributed by atoms with E-state index in [1.807, 2.05) is 0 Å². The normalized spacial score (nSPS) is 16.6. The molecule has 1 unspecified atom stereocenters. The maximum Gasteiger partial charge on any atom is 0.421 e. The molecule has 0 aromatic heterocycles. The van der Waals surface area contributed by atoms with Gasteiger partial charge in [-0.2, -0.15) is 22.0 Å². The van der Waals surface area contributed by atoms with Gasteiger partial charge < -0.3 is 4.74 Å². The Morgan fingerprint density at radius 2 is 1.55 bits per heavy atom. The first-order valence-electron chi connectivity index (χ1n) is 2.36. The second kappa shape index (κ2) is 3.10. The van der Waals surface area contributed by atoms with Crippen molar-refractivity contribution in [2.24, 2.45) is 0 Å². The van der Waals surface area contributed by atoms with Gasteiger partial charge in [-0.25, -0.2) is 0 Å². The molecule has 0 spiro atoms. The Morgan fingerprint density at radius 3 is 1.55 bits per heavy atom. The van der Waals surface area contributed by atoms with Crippen molar-refractivity contribution in [3.05, 3.63) is 0 Å². The van der Waals surface area contributed by atoms with Crippen LogP contribution in [0.3, 0.4) is 0 Å². The van der Waals surface area contributed by atoms with Crippen molar-refractivity contribution in [2.75, 3.05) is 7.11 Å². The van der Waals surface area contributed by atoms with Gasteiger partial charge in [-0.1, -0.05) is 0 Å². The monoisotopic (exact) mass is 198 g/mol. The Balaban J connectivity index is 4.43. The van der Waals surface area contributed by atoms with Crippen LogP contribution in [0.5, 0.6) is 0 Å². The minimum absolute atomic E-state index is 0.508. The van der Waals surface area contributed by atoms with Crippen LogP contribution in [-0.4, -0.2) is 24.8 Å². The molecular formula is C4H4ClF5O.